The van der Waals surface area contributed by atoms with Gasteiger partial charge in [-0.1, -0.05) is 22.0 Å². The van der Waals surface area contributed by atoms with Gasteiger partial charge in [0.1, 0.15) is 5.57 Å². The number of imide groups is 2. The van der Waals surface area contributed by atoms with Gasteiger partial charge >= 0.3 is 6.03 Å². The van der Waals surface area contributed by atoms with Crippen molar-refractivity contribution in [2.75, 3.05) is 12.0 Å². The number of carbonyl (C=O) groups is 3. The number of urea groups is 1. The molecule has 4 amide bonds. The summed E-state index contributed by atoms with van der Waals surface area (Å²) in [5.41, 5.74) is 1.94. The smallest absolute Gasteiger partial charge is 0.335 e. The van der Waals surface area contributed by atoms with Gasteiger partial charge in [0.15, 0.2) is 11.5 Å². The summed E-state index contributed by atoms with van der Waals surface area (Å²) in [6, 6.07) is 7.29. The first-order valence-electron chi connectivity index (χ1n) is 8.95. The number of phenolic OH excluding ortho intramolecular Hbond substituents is 1. The van der Waals surface area contributed by atoms with Crippen LogP contribution in [-0.2, 0) is 16.0 Å². The normalized spacial score (nSPS) is 15.4. The van der Waals surface area contributed by atoms with E-state index in [1.165, 1.54) is 19.3 Å². The number of nitrogens with one attached hydrogen (secondary N) is 1. The van der Waals surface area contributed by atoms with Crippen molar-refractivity contribution in [3.8, 4) is 11.5 Å². The van der Waals surface area contributed by atoms with Crippen molar-refractivity contribution < 1.29 is 24.2 Å². The van der Waals surface area contributed by atoms with Gasteiger partial charge in [-0.2, -0.15) is 0 Å². The third-order valence-corrected chi connectivity index (χ3v) is 5.46. The maximum atomic E-state index is 13.0. The minimum Gasteiger partial charge on any atom is -0.504 e. The molecule has 1 saturated heterocycles. The Morgan fingerprint density at radius 3 is 2.60 bits per heavy atom. The summed E-state index contributed by atoms with van der Waals surface area (Å²) in [7, 11) is 1.40. The van der Waals surface area contributed by atoms with Crippen LogP contribution in [-0.4, -0.2) is 30.1 Å². The molecular weight excluding hydrogens is 452 g/mol. The van der Waals surface area contributed by atoms with Crippen LogP contribution in [0.1, 0.15) is 16.7 Å². The lowest BCUT2D eigenvalue weighted by Crippen LogP contribution is -2.54. The topological polar surface area (TPSA) is 95.9 Å². The second-order valence-electron chi connectivity index (χ2n) is 6.62. The highest BCUT2D eigenvalue weighted by molar-refractivity contribution is 9.10. The molecule has 0 radical (unpaired) electrons. The summed E-state index contributed by atoms with van der Waals surface area (Å²) in [5, 5.41) is 12.4. The fraction of sp³-hybridized carbons (Fsp3) is 0.136. The molecule has 1 heterocycles. The number of allylic oxidation sites excluding steroid dienone is 1. The van der Waals surface area contributed by atoms with Crippen LogP contribution >= 0.6 is 15.9 Å². The number of aromatic hydroxyl groups is 1. The highest BCUT2D eigenvalue weighted by Gasteiger charge is 2.37. The molecule has 0 saturated carbocycles. The Hall–Kier alpha value is -3.39. The molecule has 2 N–H and O–H groups in total. The standard InChI is InChI=1S/C22H19BrN2O5/c1-4-5-14-9-13(11-18(30-3)19(14)26)10-16-20(27)24-22(29)25(21(16)28)15-6-7-17(23)12(2)8-15/h4,6-11,26H,1,5H2,2-3H3,(H,24,27,29)/b16-10+. The first-order valence-corrected chi connectivity index (χ1v) is 9.74. The van der Waals surface area contributed by atoms with E-state index in [1.54, 1.807) is 30.3 Å². The minimum atomic E-state index is -0.820. The van der Waals surface area contributed by atoms with Crippen molar-refractivity contribution in [1.82, 2.24) is 5.32 Å². The minimum absolute atomic E-state index is 0.0406. The Labute approximate surface area is 181 Å². The van der Waals surface area contributed by atoms with E-state index in [-0.39, 0.29) is 17.1 Å². The second kappa shape index (κ2) is 8.54. The molecular formula is C22H19BrN2O5. The molecule has 0 spiro atoms. The van der Waals surface area contributed by atoms with E-state index in [2.05, 4.69) is 27.8 Å². The third kappa shape index (κ3) is 3.99. The maximum absolute atomic E-state index is 13.0. The molecule has 1 fully saturated rings. The molecule has 7 nitrogen and oxygen atoms in total. The lowest BCUT2D eigenvalue weighted by Gasteiger charge is -2.26. The Morgan fingerprint density at radius 1 is 1.23 bits per heavy atom. The van der Waals surface area contributed by atoms with Gasteiger partial charge in [-0.3, -0.25) is 14.9 Å². The summed E-state index contributed by atoms with van der Waals surface area (Å²) in [6.07, 6.45) is 3.33. The molecule has 3 rings (SSSR count). The van der Waals surface area contributed by atoms with Crippen molar-refractivity contribution in [2.24, 2.45) is 0 Å². The van der Waals surface area contributed by atoms with E-state index in [0.29, 0.717) is 23.2 Å². The van der Waals surface area contributed by atoms with Crippen LogP contribution in [0.4, 0.5) is 10.5 Å². The van der Waals surface area contributed by atoms with E-state index >= 15 is 0 Å². The second-order valence-corrected chi connectivity index (χ2v) is 7.47. The van der Waals surface area contributed by atoms with Gasteiger partial charge in [0.2, 0.25) is 0 Å². The molecule has 2 aromatic rings. The first-order chi connectivity index (χ1) is 14.3. The van der Waals surface area contributed by atoms with Crippen LogP contribution in [0.5, 0.6) is 11.5 Å². The van der Waals surface area contributed by atoms with E-state index in [0.717, 1.165) is 14.9 Å². The number of ether oxygens (including phenoxy) is 1. The number of benzene rings is 2. The molecule has 154 valence electrons. The number of aryl methyl sites for hydroxylation is 1. The lowest BCUT2D eigenvalue weighted by atomic mass is 10.0. The van der Waals surface area contributed by atoms with Crippen LogP contribution in [0.25, 0.3) is 6.08 Å². The Kier molecular flexibility index (Phi) is 6.07. The number of phenols is 1. The van der Waals surface area contributed by atoms with Crippen LogP contribution < -0.4 is 15.0 Å². The predicted molar refractivity (Wildman–Crippen MR) is 116 cm³/mol. The zero-order chi connectivity index (χ0) is 22.0. The van der Waals surface area contributed by atoms with Crippen LogP contribution in [0.3, 0.4) is 0 Å². The highest BCUT2D eigenvalue weighted by Crippen LogP contribution is 2.33. The van der Waals surface area contributed by atoms with Gasteiger partial charge in [-0.15, -0.1) is 6.58 Å². The fourth-order valence-electron chi connectivity index (χ4n) is 3.07. The number of hydrogen-bond donors (Lipinski definition) is 2. The number of carbonyl (C=O) groups excluding carboxylic acids is 3. The summed E-state index contributed by atoms with van der Waals surface area (Å²) in [5.74, 6) is -1.39. The van der Waals surface area contributed by atoms with Crippen molar-refractivity contribution in [1.29, 1.82) is 0 Å². The number of halogens is 1. The molecule has 1 aliphatic heterocycles. The molecule has 0 aliphatic carbocycles. The van der Waals surface area contributed by atoms with Crippen molar-refractivity contribution >= 4 is 45.5 Å². The summed E-state index contributed by atoms with van der Waals surface area (Å²) >= 11 is 3.38. The quantitative estimate of drug-likeness (QED) is 0.392. The fourth-order valence-corrected chi connectivity index (χ4v) is 3.31. The molecule has 1 aliphatic rings. The van der Waals surface area contributed by atoms with Crippen molar-refractivity contribution in [2.45, 2.75) is 13.3 Å². The average Bonchev–Trinajstić information content (AvgIpc) is 2.70. The van der Waals surface area contributed by atoms with E-state index < -0.39 is 17.8 Å². The number of nitrogens with zero attached hydrogens (tertiary/aromatic N) is 1. The molecule has 30 heavy (non-hydrogen) atoms. The molecule has 2 aromatic carbocycles. The van der Waals surface area contributed by atoms with Crippen LogP contribution in [0, 0.1) is 6.92 Å². The van der Waals surface area contributed by atoms with Crippen LogP contribution in [0.15, 0.2) is 53.0 Å². The van der Waals surface area contributed by atoms with Crippen molar-refractivity contribution in [3.63, 3.8) is 0 Å². The predicted octanol–water partition coefficient (Wildman–Crippen LogP) is 3.87. The number of amides is 4. The molecule has 8 heteroatoms. The first kappa shape index (κ1) is 21.3. The third-order valence-electron chi connectivity index (χ3n) is 4.57. The van der Waals surface area contributed by atoms with E-state index in [4.69, 9.17) is 4.74 Å². The Balaban J connectivity index is 2.07. The zero-order valence-electron chi connectivity index (χ0n) is 16.4. The molecule has 0 unspecified atom stereocenters. The Bertz CT molecular complexity index is 1110. The molecule has 0 bridgehead atoms. The van der Waals surface area contributed by atoms with Gasteiger partial charge < -0.3 is 9.84 Å². The van der Waals surface area contributed by atoms with Gasteiger partial charge in [0.05, 0.1) is 12.8 Å². The number of hydrogen-bond acceptors (Lipinski definition) is 5. The van der Waals surface area contributed by atoms with Crippen LogP contribution in [0.2, 0.25) is 0 Å². The lowest BCUT2D eigenvalue weighted by molar-refractivity contribution is -0.122. The Morgan fingerprint density at radius 2 is 1.97 bits per heavy atom. The zero-order valence-corrected chi connectivity index (χ0v) is 17.9. The van der Waals surface area contributed by atoms with Crippen molar-refractivity contribution in [3.05, 3.63) is 69.7 Å². The van der Waals surface area contributed by atoms with E-state index in [1.807, 2.05) is 6.92 Å². The molecule has 0 aromatic heterocycles. The van der Waals surface area contributed by atoms with Gasteiger partial charge in [0, 0.05) is 10.0 Å². The summed E-state index contributed by atoms with van der Waals surface area (Å²) in [4.78, 5) is 38.7. The maximum Gasteiger partial charge on any atom is 0.335 e. The molecule has 0 atom stereocenters. The summed E-state index contributed by atoms with van der Waals surface area (Å²) in [6.45, 7) is 5.48. The number of rotatable bonds is 5. The highest BCUT2D eigenvalue weighted by atomic mass is 79.9. The average molecular weight is 471 g/mol. The number of barbiturate groups is 1. The van der Waals surface area contributed by atoms with Gasteiger partial charge in [-0.05, 0) is 60.9 Å². The van der Waals surface area contributed by atoms with Gasteiger partial charge in [-0.25, -0.2) is 9.69 Å². The number of methoxy groups -OCH3 is 1. The van der Waals surface area contributed by atoms with Gasteiger partial charge in [0.25, 0.3) is 11.8 Å². The summed E-state index contributed by atoms with van der Waals surface area (Å²) < 4.78 is 6.01. The van der Waals surface area contributed by atoms with E-state index in [9.17, 15) is 19.5 Å². The SMILES string of the molecule is C=CCc1cc(/C=C2\C(=O)NC(=O)N(c3ccc(Br)c(C)c3)C2=O)cc(OC)c1O. The monoisotopic (exact) mass is 470 g/mol. The largest absolute Gasteiger partial charge is 0.504 e. The number of anilines is 1.